The summed E-state index contributed by atoms with van der Waals surface area (Å²) in [5.74, 6) is 0.607. The van der Waals surface area contributed by atoms with E-state index in [2.05, 4.69) is 0 Å². The van der Waals surface area contributed by atoms with Crippen LogP contribution >= 0.6 is 0 Å². The normalized spacial score (nSPS) is 26.8. The zero-order valence-corrected chi connectivity index (χ0v) is 6.66. The van der Waals surface area contributed by atoms with Crippen LogP contribution in [0.2, 0.25) is 0 Å². The van der Waals surface area contributed by atoms with E-state index in [1.807, 2.05) is 0 Å². The molecule has 0 aliphatic carbocycles. The van der Waals surface area contributed by atoms with Crippen molar-refractivity contribution in [3.63, 3.8) is 0 Å². The predicted molar refractivity (Wildman–Crippen MR) is 42.2 cm³/mol. The maximum atomic E-state index is 10.4. The summed E-state index contributed by atoms with van der Waals surface area (Å²) < 4.78 is 5.19. The molecule has 0 amide bonds. The number of hydrogen-bond acceptors (Lipinski definition) is 3. The fraction of sp³-hybridized carbons (Fsp3) is 0.875. The first-order valence-electron chi connectivity index (χ1n) is 4.10. The molecule has 1 fully saturated rings. The van der Waals surface area contributed by atoms with E-state index < -0.39 is 0 Å². The lowest BCUT2D eigenvalue weighted by Gasteiger charge is -2.10. The third-order valence-electron chi connectivity index (χ3n) is 2.16. The van der Waals surface area contributed by atoms with Crippen LogP contribution in [-0.4, -0.2) is 26.0 Å². The van der Waals surface area contributed by atoms with Crippen LogP contribution in [0.1, 0.15) is 12.8 Å². The minimum atomic E-state index is 0.0432. The van der Waals surface area contributed by atoms with Crippen molar-refractivity contribution in [3.05, 3.63) is 0 Å². The molecule has 0 saturated carbocycles. The molecule has 1 aliphatic heterocycles. The van der Waals surface area contributed by atoms with Gasteiger partial charge in [-0.05, 0) is 18.8 Å². The van der Waals surface area contributed by atoms with E-state index in [0.717, 1.165) is 32.3 Å². The standard InChI is InChI=1S/C8H15NO2/c9-4-8(5-10)3-7-1-2-11-6-7/h5,7-8H,1-4,6,9H2. The van der Waals surface area contributed by atoms with Crippen LogP contribution < -0.4 is 5.73 Å². The van der Waals surface area contributed by atoms with E-state index in [1.165, 1.54) is 0 Å². The van der Waals surface area contributed by atoms with Gasteiger partial charge in [-0.15, -0.1) is 0 Å². The van der Waals surface area contributed by atoms with Gasteiger partial charge in [0.2, 0.25) is 0 Å². The Morgan fingerprint density at radius 3 is 3.00 bits per heavy atom. The van der Waals surface area contributed by atoms with E-state index in [4.69, 9.17) is 10.5 Å². The summed E-state index contributed by atoms with van der Waals surface area (Å²) in [6.07, 6.45) is 2.95. The lowest BCUT2D eigenvalue weighted by molar-refractivity contribution is -0.111. The van der Waals surface area contributed by atoms with Gasteiger partial charge in [-0.25, -0.2) is 0 Å². The van der Waals surface area contributed by atoms with Gasteiger partial charge in [-0.1, -0.05) is 0 Å². The van der Waals surface area contributed by atoms with E-state index >= 15 is 0 Å². The van der Waals surface area contributed by atoms with E-state index in [1.54, 1.807) is 0 Å². The van der Waals surface area contributed by atoms with Crippen LogP contribution in [0, 0.1) is 11.8 Å². The van der Waals surface area contributed by atoms with E-state index in [-0.39, 0.29) is 5.92 Å². The summed E-state index contributed by atoms with van der Waals surface area (Å²) in [4.78, 5) is 10.4. The van der Waals surface area contributed by atoms with Gasteiger partial charge in [-0.2, -0.15) is 0 Å². The molecule has 0 aromatic heterocycles. The maximum Gasteiger partial charge on any atom is 0.124 e. The Balaban J connectivity index is 2.21. The SMILES string of the molecule is NCC(C=O)CC1CCOC1. The lowest BCUT2D eigenvalue weighted by atomic mass is 9.95. The Bertz CT molecular complexity index is 121. The number of carbonyl (C=O) groups is 1. The van der Waals surface area contributed by atoms with Gasteiger partial charge in [0.15, 0.2) is 0 Å². The Morgan fingerprint density at radius 2 is 2.55 bits per heavy atom. The number of hydrogen-bond donors (Lipinski definition) is 1. The first-order valence-corrected chi connectivity index (χ1v) is 4.10. The highest BCUT2D eigenvalue weighted by molar-refractivity contribution is 5.53. The Morgan fingerprint density at radius 1 is 1.73 bits per heavy atom. The molecule has 64 valence electrons. The largest absolute Gasteiger partial charge is 0.381 e. The molecule has 3 nitrogen and oxygen atoms in total. The minimum Gasteiger partial charge on any atom is -0.381 e. The second-order valence-corrected chi connectivity index (χ2v) is 3.10. The summed E-state index contributed by atoms with van der Waals surface area (Å²) in [5.41, 5.74) is 5.39. The molecule has 0 spiro atoms. The van der Waals surface area contributed by atoms with Gasteiger partial charge in [-0.3, -0.25) is 0 Å². The molecule has 0 aromatic carbocycles. The fourth-order valence-electron chi connectivity index (χ4n) is 1.40. The van der Waals surface area contributed by atoms with Crippen molar-refractivity contribution in [1.29, 1.82) is 0 Å². The smallest absolute Gasteiger partial charge is 0.124 e. The van der Waals surface area contributed by atoms with Crippen molar-refractivity contribution in [3.8, 4) is 0 Å². The van der Waals surface area contributed by atoms with Crippen molar-refractivity contribution in [2.45, 2.75) is 12.8 Å². The molecule has 1 heterocycles. The predicted octanol–water partition coefficient (Wildman–Crippen LogP) is 0.187. The van der Waals surface area contributed by atoms with Crippen molar-refractivity contribution in [2.75, 3.05) is 19.8 Å². The van der Waals surface area contributed by atoms with Gasteiger partial charge in [0.05, 0.1) is 0 Å². The molecule has 1 saturated heterocycles. The van der Waals surface area contributed by atoms with Crippen molar-refractivity contribution in [2.24, 2.45) is 17.6 Å². The van der Waals surface area contributed by atoms with E-state index in [9.17, 15) is 4.79 Å². The number of carbonyl (C=O) groups excluding carboxylic acids is 1. The maximum absolute atomic E-state index is 10.4. The number of aldehydes is 1. The topological polar surface area (TPSA) is 52.3 Å². The van der Waals surface area contributed by atoms with Gasteiger partial charge < -0.3 is 15.3 Å². The fourth-order valence-corrected chi connectivity index (χ4v) is 1.40. The van der Waals surface area contributed by atoms with Gasteiger partial charge in [0.25, 0.3) is 0 Å². The second kappa shape index (κ2) is 4.46. The summed E-state index contributed by atoms with van der Waals surface area (Å²) >= 11 is 0. The average Bonchev–Trinajstić information content (AvgIpc) is 2.52. The van der Waals surface area contributed by atoms with Crippen LogP contribution in [0.5, 0.6) is 0 Å². The highest BCUT2D eigenvalue weighted by Crippen LogP contribution is 2.19. The first kappa shape index (κ1) is 8.68. The molecule has 11 heavy (non-hydrogen) atoms. The third kappa shape index (κ3) is 2.60. The van der Waals surface area contributed by atoms with Crippen LogP contribution in [0.15, 0.2) is 0 Å². The summed E-state index contributed by atoms with van der Waals surface area (Å²) in [6.45, 7) is 2.13. The lowest BCUT2D eigenvalue weighted by Crippen LogP contribution is -2.19. The molecule has 3 heteroatoms. The molecular weight excluding hydrogens is 142 g/mol. The molecule has 1 rings (SSSR count). The van der Waals surface area contributed by atoms with Crippen molar-refractivity contribution in [1.82, 2.24) is 0 Å². The summed E-state index contributed by atoms with van der Waals surface area (Å²) in [7, 11) is 0. The van der Waals surface area contributed by atoms with Crippen molar-refractivity contribution >= 4 is 6.29 Å². The molecule has 2 N–H and O–H groups in total. The molecule has 2 atom stereocenters. The number of nitrogens with two attached hydrogens (primary N) is 1. The quantitative estimate of drug-likeness (QED) is 0.592. The molecule has 0 aromatic rings. The summed E-state index contributed by atoms with van der Waals surface area (Å²) in [6, 6.07) is 0. The van der Waals surface area contributed by atoms with Crippen LogP contribution in [0.25, 0.3) is 0 Å². The Labute approximate surface area is 66.9 Å². The van der Waals surface area contributed by atoms with Crippen molar-refractivity contribution < 1.29 is 9.53 Å². The van der Waals surface area contributed by atoms with Crippen LogP contribution in [0.3, 0.4) is 0 Å². The third-order valence-corrected chi connectivity index (χ3v) is 2.16. The molecule has 1 aliphatic rings. The van der Waals surface area contributed by atoms with Gasteiger partial charge >= 0.3 is 0 Å². The second-order valence-electron chi connectivity index (χ2n) is 3.10. The molecule has 0 bridgehead atoms. The molecular formula is C8H15NO2. The Hall–Kier alpha value is -0.410. The minimum absolute atomic E-state index is 0.0432. The number of ether oxygens (including phenoxy) is 1. The van der Waals surface area contributed by atoms with E-state index in [0.29, 0.717) is 12.5 Å². The highest BCUT2D eigenvalue weighted by Gasteiger charge is 2.19. The van der Waals surface area contributed by atoms with Crippen LogP contribution in [0.4, 0.5) is 0 Å². The summed E-state index contributed by atoms with van der Waals surface area (Å²) in [5, 5.41) is 0. The average molecular weight is 157 g/mol. The Kier molecular flexibility index (Phi) is 3.52. The van der Waals surface area contributed by atoms with Crippen LogP contribution in [-0.2, 0) is 9.53 Å². The zero-order valence-electron chi connectivity index (χ0n) is 6.66. The van der Waals surface area contributed by atoms with Gasteiger partial charge in [0, 0.05) is 25.7 Å². The number of rotatable bonds is 4. The molecule has 2 unspecified atom stereocenters. The molecule has 0 radical (unpaired) electrons. The zero-order chi connectivity index (χ0) is 8.10. The monoisotopic (exact) mass is 157 g/mol. The first-order chi connectivity index (χ1) is 5.36. The highest BCUT2D eigenvalue weighted by atomic mass is 16.5. The van der Waals surface area contributed by atoms with Gasteiger partial charge in [0.1, 0.15) is 6.29 Å².